The van der Waals surface area contributed by atoms with Gasteiger partial charge in [0.1, 0.15) is 0 Å². The van der Waals surface area contributed by atoms with Crippen LogP contribution in [0.3, 0.4) is 0 Å². The van der Waals surface area contributed by atoms with Crippen molar-refractivity contribution in [2.24, 2.45) is 5.73 Å². The molecule has 0 aromatic carbocycles. The molecule has 0 aliphatic heterocycles. The summed E-state index contributed by atoms with van der Waals surface area (Å²) in [4.78, 5) is 3.90. The second-order valence-corrected chi connectivity index (χ2v) is 3.39. The maximum absolute atomic E-state index is 5.34. The molecule has 6 heteroatoms. The fourth-order valence-corrected chi connectivity index (χ4v) is 1.33. The first-order valence-electron chi connectivity index (χ1n) is 3.97. The Morgan fingerprint density at radius 3 is 2.79 bits per heavy atom. The van der Waals surface area contributed by atoms with Gasteiger partial charge in [-0.2, -0.15) is 0 Å². The molecule has 0 fully saturated rings. The van der Waals surface area contributed by atoms with Crippen LogP contribution in [0.1, 0.15) is 0 Å². The van der Waals surface area contributed by atoms with E-state index in [1.807, 2.05) is 12.1 Å². The molecule has 0 bridgehead atoms. The van der Waals surface area contributed by atoms with Crippen molar-refractivity contribution in [1.29, 1.82) is 0 Å². The number of aromatic nitrogens is 3. The van der Waals surface area contributed by atoms with Crippen molar-refractivity contribution in [2.45, 2.75) is 5.22 Å². The van der Waals surface area contributed by atoms with Crippen molar-refractivity contribution in [3.8, 4) is 11.5 Å². The number of thioether (sulfide) groups is 1. The van der Waals surface area contributed by atoms with Gasteiger partial charge >= 0.3 is 0 Å². The maximum Gasteiger partial charge on any atom is 0.278 e. The number of hydrogen-bond acceptors (Lipinski definition) is 6. The van der Waals surface area contributed by atoms with Crippen molar-refractivity contribution in [1.82, 2.24) is 15.2 Å². The molecule has 14 heavy (non-hydrogen) atoms. The third-order valence-electron chi connectivity index (χ3n) is 1.54. The Labute approximate surface area is 84.7 Å². The summed E-state index contributed by atoms with van der Waals surface area (Å²) in [7, 11) is 0. The molecule has 2 aromatic rings. The zero-order valence-corrected chi connectivity index (χ0v) is 8.07. The predicted octanol–water partition coefficient (Wildman–Crippen LogP) is 1.14. The van der Waals surface area contributed by atoms with Crippen LogP contribution >= 0.6 is 11.8 Å². The fraction of sp³-hybridized carbons (Fsp3) is 0.125. The Balaban J connectivity index is 2.25. The molecule has 0 atom stereocenters. The quantitative estimate of drug-likeness (QED) is 0.602. The zero-order valence-electron chi connectivity index (χ0n) is 7.25. The molecule has 2 aromatic heterocycles. The van der Waals surface area contributed by atoms with Crippen LogP contribution in [0.4, 0.5) is 0 Å². The highest BCUT2D eigenvalue weighted by Gasteiger charge is 2.07. The first-order valence-corrected chi connectivity index (χ1v) is 4.95. The zero-order chi connectivity index (χ0) is 9.80. The number of hydrogen-bond donors (Lipinski definition) is 1. The largest absolute Gasteiger partial charge is 0.411 e. The number of nitrogens with two attached hydrogens (primary N) is 1. The smallest absolute Gasteiger partial charge is 0.278 e. The summed E-state index contributed by atoms with van der Waals surface area (Å²) in [6.07, 6.45) is 3.35. The first kappa shape index (κ1) is 9.17. The van der Waals surface area contributed by atoms with Gasteiger partial charge < -0.3 is 10.2 Å². The van der Waals surface area contributed by atoms with Crippen molar-refractivity contribution >= 4 is 11.8 Å². The molecule has 2 heterocycles. The SMILES string of the molecule is NCSc1nnc(-c2ccncc2)o1. The van der Waals surface area contributed by atoms with Crippen molar-refractivity contribution in [2.75, 3.05) is 5.88 Å². The molecule has 5 nitrogen and oxygen atoms in total. The molecule has 0 saturated carbocycles. The van der Waals surface area contributed by atoms with Gasteiger partial charge in [-0.25, -0.2) is 0 Å². The Morgan fingerprint density at radius 2 is 2.07 bits per heavy atom. The molecule has 0 unspecified atom stereocenters. The molecule has 0 spiro atoms. The minimum absolute atomic E-state index is 0.429. The van der Waals surface area contributed by atoms with Crippen LogP contribution in [0.25, 0.3) is 11.5 Å². The van der Waals surface area contributed by atoms with E-state index in [-0.39, 0.29) is 0 Å². The van der Waals surface area contributed by atoms with Crippen molar-refractivity contribution < 1.29 is 4.42 Å². The minimum Gasteiger partial charge on any atom is -0.411 e. The van der Waals surface area contributed by atoms with Gasteiger partial charge in [0, 0.05) is 23.8 Å². The molecule has 0 amide bonds. The summed E-state index contributed by atoms with van der Waals surface area (Å²) in [6.45, 7) is 0. The average Bonchev–Trinajstić information content (AvgIpc) is 2.68. The second kappa shape index (κ2) is 4.21. The lowest BCUT2D eigenvalue weighted by molar-refractivity contribution is 0.466. The van der Waals surface area contributed by atoms with Gasteiger partial charge in [0.2, 0.25) is 5.89 Å². The van der Waals surface area contributed by atoms with Crippen molar-refractivity contribution in [3.63, 3.8) is 0 Å². The standard InChI is InChI=1S/C8H8N4OS/c9-5-14-8-12-11-7(13-8)6-1-3-10-4-2-6/h1-4H,5,9H2. The summed E-state index contributed by atoms with van der Waals surface area (Å²) in [5, 5.41) is 8.20. The van der Waals surface area contributed by atoms with E-state index in [1.54, 1.807) is 12.4 Å². The highest BCUT2D eigenvalue weighted by molar-refractivity contribution is 7.99. The average molecular weight is 208 g/mol. The van der Waals surface area contributed by atoms with E-state index in [0.717, 1.165) is 5.56 Å². The fourth-order valence-electron chi connectivity index (χ4n) is 0.951. The monoisotopic (exact) mass is 208 g/mol. The lowest BCUT2D eigenvalue weighted by atomic mass is 10.3. The topological polar surface area (TPSA) is 77.8 Å². The van der Waals surface area contributed by atoms with Gasteiger partial charge in [-0.05, 0) is 12.1 Å². The van der Waals surface area contributed by atoms with E-state index in [1.165, 1.54) is 11.8 Å². The van der Waals surface area contributed by atoms with E-state index >= 15 is 0 Å². The summed E-state index contributed by atoms with van der Waals surface area (Å²) in [5.74, 6) is 0.918. The van der Waals surface area contributed by atoms with Gasteiger partial charge in [-0.15, -0.1) is 10.2 Å². The Kier molecular flexibility index (Phi) is 2.76. The van der Waals surface area contributed by atoms with Gasteiger partial charge in [0.25, 0.3) is 5.22 Å². The van der Waals surface area contributed by atoms with Crippen LogP contribution in [0.5, 0.6) is 0 Å². The van der Waals surface area contributed by atoms with E-state index in [2.05, 4.69) is 15.2 Å². The third-order valence-corrected chi connectivity index (χ3v) is 2.12. The molecular formula is C8H8N4OS. The van der Waals surface area contributed by atoms with Crippen LogP contribution < -0.4 is 5.73 Å². The van der Waals surface area contributed by atoms with Gasteiger partial charge in [-0.1, -0.05) is 11.8 Å². The highest BCUT2D eigenvalue weighted by atomic mass is 32.2. The summed E-state index contributed by atoms with van der Waals surface area (Å²) in [5.41, 5.74) is 6.19. The van der Waals surface area contributed by atoms with Crippen LogP contribution in [-0.4, -0.2) is 21.1 Å². The second-order valence-electron chi connectivity index (χ2n) is 2.42. The number of nitrogens with zero attached hydrogens (tertiary/aromatic N) is 3. The van der Waals surface area contributed by atoms with E-state index < -0.39 is 0 Å². The summed E-state index contributed by atoms with van der Waals surface area (Å²) >= 11 is 1.31. The summed E-state index contributed by atoms with van der Waals surface area (Å²) in [6, 6.07) is 3.62. The lowest BCUT2D eigenvalue weighted by Crippen LogP contribution is -1.91. The summed E-state index contributed by atoms with van der Waals surface area (Å²) < 4.78 is 5.34. The van der Waals surface area contributed by atoms with Crippen LogP contribution in [0, 0.1) is 0 Å². The van der Waals surface area contributed by atoms with E-state index in [0.29, 0.717) is 17.0 Å². The molecule has 0 aliphatic rings. The molecule has 2 N–H and O–H groups in total. The molecule has 72 valence electrons. The molecular weight excluding hydrogens is 200 g/mol. The molecule has 0 saturated heterocycles. The Morgan fingerprint density at radius 1 is 1.29 bits per heavy atom. The highest BCUT2D eigenvalue weighted by Crippen LogP contribution is 2.21. The molecule has 0 radical (unpaired) electrons. The van der Waals surface area contributed by atoms with Crippen LogP contribution in [-0.2, 0) is 0 Å². The van der Waals surface area contributed by atoms with Gasteiger partial charge in [-0.3, -0.25) is 4.98 Å². The van der Waals surface area contributed by atoms with E-state index in [4.69, 9.17) is 10.2 Å². The number of rotatable bonds is 3. The Bertz CT molecular complexity index is 403. The van der Waals surface area contributed by atoms with Crippen LogP contribution in [0.15, 0.2) is 34.2 Å². The normalized spacial score (nSPS) is 10.4. The van der Waals surface area contributed by atoms with Gasteiger partial charge in [0.15, 0.2) is 0 Å². The predicted molar refractivity (Wildman–Crippen MR) is 52.4 cm³/mol. The van der Waals surface area contributed by atoms with Crippen molar-refractivity contribution in [3.05, 3.63) is 24.5 Å². The number of pyridine rings is 1. The maximum atomic E-state index is 5.34. The lowest BCUT2D eigenvalue weighted by Gasteiger charge is -1.91. The first-order chi connectivity index (χ1) is 6.90. The Hall–Kier alpha value is -1.40. The van der Waals surface area contributed by atoms with Gasteiger partial charge in [0.05, 0.1) is 0 Å². The minimum atomic E-state index is 0.429. The third kappa shape index (κ3) is 1.91. The van der Waals surface area contributed by atoms with Crippen LogP contribution in [0.2, 0.25) is 0 Å². The van der Waals surface area contributed by atoms with E-state index in [9.17, 15) is 0 Å². The molecule has 0 aliphatic carbocycles. The molecule has 2 rings (SSSR count).